The molecule has 0 atom stereocenters. The first-order valence-corrected chi connectivity index (χ1v) is 7.15. The van der Waals surface area contributed by atoms with Crippen molar-refractivity contribution in [3.8, 4) is 17.6 Å². The van der Waals surface area contributed by atoms with Crippen LogP contribution in [-0.2, 0) is 6.42 Å². The quantitative estimate of drug-likeness (QED) is 0.604. The molecule has 1 nitrogen and oxygen atoms in total. The molecular weight excluding hydrogens is 268 g/mol. The average Bonchev–Trinajstić information content (AvgIpc) is 2.48. The number of ether oxygens (including phenoxy) is 1. The lowest BCUT2D eigenvalue weighted by Crippen LogP contribution is -2.02. The number of hydrogen-bond acceptors (Lipinski definition) is 1. The Morgan fingerprint density at radius 2 is 1.90 bits per heavy atom. The Morgan fingerprint density at radius 3 is 2.60 bits per heavy atom. The van der Waals surface area contributed by atoms with E-state index in [2.05, 4.69) is 24.0 Å². The highest BCUT2D eigenvalue weighted by Crippen LogP contribution is 2.19. The summed E-state index contributed by atoms with van der Waals surface area (Å²) in [5.41, 5.74) is 3.35. The van der Waals surface area contributed by atoms with E-state index in [4.69, 9.17) is 16.3 Å². The fraction of sp³-hybridized carbons (Fsp3) is 0.222. The molecule has 0 aromatic heterocycles. The summed E-state index contributed by atoms with van der Waals surface area (Å²) in [5.74, 6) is 7.13. The molecule has 0 aliphatic carbocycles. The van der Waals surface area contributed by atoms with Crippen LogP contribution in [0.15, 0.2) is 48.5 Å². The van der Waals surface area contributed by atoms with Crippen molar-refractivity contribution in [2.45, 2.75) is 13.3 Å². The lowest BCUT2D eigenvalue weighted by atomic mass is 10.1. The van der Waals surface area contributed by atoms with E-state index in [1.165, 1.54) is 5.56 Å². The van der Waals surface area contributed by atoms with Crippen LogP contribution in [0.5, 0.6) is 5.75 Å². The number of aryl methyl sites for hydroxylation is 1. The van der Waals surface area contributed by atoms with Gasteiger partial charge in [-0.1, -0.05) is 42.2 Å². The Bertz CT molecular complexity index is 608. The minimum Gasteiger partial charge on any atom is -0.493 e. The normalized spacial score (nSPS) is 9.70. The molecule has 0 saturated carbocycles. The van der Waals surface area contributed by atoms with E-state index >= 15 is 0 Å². The van der Waals surface area contributed by atoms with E-state index in [1.807, 2.05) is 43.3 Å². The summed E-state index contributed by atoms with van der Waals surface area (Å²) < 4.78 is 5.83. The molecule has 0 fully saturated rings. The Hall–Kier alpha value is -1.91. The summed E-state index contributed by atoms with van der Waals surface area (Å²) in [5, 5.41) is 0. The van der Waals surface area contributed by atoms with Crippen molar-refractivity contribution in [1.29, 1.82) is 0 Å². The third-order valence-corrected chi connectivity index (χ3v) is 3.10. The van der Waals surface area contributed by atoms with E-state index in [1.54, 1.807) is 0 Å². The third-order valence-electron chi connectivity index (χ3n) is 2.97. The van der Waals surface area contributed by atoms with Gasteiger partial charge in [-0.05, 0) is 36.2 Å². The summed E-state index contributed by atoms with van der Waals surface area (Å²) in [4.78, 5) is 0. The molecule has 2 heteroatoms. The number of hydrogen-bond donors (Lipinski definition) is 0. The molecule has 0 aliphatic rings. The third kappa shape index (κ3) is 4.33. The monoisotopic (exact) mass is 284 g/mol. The molecule has 0 N–H and O–H groups in total. The van der Waals surface area contributed by atoms with E-state index in [0.717, 1.165) is 23.3 Å². The van der Waals surface area contributed by atoms with Gasteiger partial charge in [0, 0.05) is 12.0 Å². The van der Waals surface area contributed by atoms with Crippen LogP contribution in [-0.4, -0.2) is 12.5 Å². The molecule has 0 aliphatic heterocycles. The molecule has 2 rings (SSSR count). The molecule has 2 aromatic carbocycles. The van der Waals surface area contributed by atoms with Crippen LogP contribution < -0.4 is 4.74 Å². The molecule has 0 amide bonds. The molecular formula is C18H17ClO. The highest BCUT2D eigenvalue weighted by atomic mass is 35.5. The number of alkyl halides is 1. The summed E-state index contributed by atoms with van der Waals surface area (Å²) in [6, 6.07) is 16.3. The maximum absolute atomic E-state index is 5.83. The van der Waals surface area contributed by atoms with Gasteiger partial charge in [0.2, 0.25) is 0 Å². The minimum atomic E-state index is 0.356. The van der Waals surface area contributed by atoms with E-state index in [-0.39, 0.29) is 0 Å². The molecule has 0 heterocycles. The van der Waals surface area contributed by atoms with Crippen LogP contribution in [0.4, 0.5) is 0 Å². The van der Waals surface area contributed by atoms with Gasteiger partial charge < -0.3 is 4.74 Å². The Labute approximate surface area is 125 Å². The van der Waals surface area contributed by atoms with Crippen LogP contribution in [0, 0.1) is 18.8 Å². The Balaban J connectivity index is 1.93. The predicted molar refractivity (Wildman–Crippen MR) is 84.4 cm³/mol. The number of benzene rings is 2. The molecule has 0 radical (unpaired) electrons. The van der Waals surface area contributed by atoms with Gasteiger partial charge in [-0.3, -0.25) is 0 Å². The van der Waals surface area contributed by atoms with Crippen molar-refractivity contribution in [3.63, 3.8) is 0 Å². The first-order valence-electron chi connectivity index (χ1n) is 6.62. The number of halogens is 1. The maximum atomic E-state index is 5.83. The van der Waals surface area contributed by atoms with Gasteiger partial charge in [0.25, 0.3) is 0 Å². The van der Waals surface area contributed by atoms with E-state index in [9.17, 15) is 0 Å². The zero-order valence-electron chi connectivity index (χ0n) is 11.5. The van der Waals surface area contributed by atoms with Gasteiger partial charge >= 0.3 is 0 Å². The lowest BCUT2D eigenvalue weighted by molar-refractivity contribution is 0.320. The fourth-order valence-corrected chi connectivity index (χ4v) is 2.01. The van der Waals surface area contributed by atoms with Crippen molar-refractivity contribution in [1.82, 2.24) is 0 Å². The van der Waals surface area contributed by atoms with E-state index < -0.39 is 0 Å². The smallest absolute Gasteiger partial charge is 0.122 e. The van der Waals surface area contributed by atoms with Crippen molar-refractivity contribution in [2.75, 3.05) is 12.5 Å². The van der Waals surface area contributed by atoms with Crippen molar-refractivity contribution < 1.29 is 4.74 Å². The van der Waals surface area contributed by atoms with Crippen LogP contribution in [0.2, 0.25) is 0 Å². The summed E-state index contributed by atoms with van der Waals surface area (Å²) in [6.45, 7) is 2.71. The molecule has 102 valence electrons. The molecule has 0 spiro atoms. The zero-order valence-corrected chi connectivity index (χ0v) is 12.3. The minimum absolute atomic E-state index is 0.356. The summed E-state index contributed by atoms with van der Waals surface area (Å²) in [7, 11) is 0. The van der Waals surface area contributed by atoms with Gasteiger partial charge in [0.1, 0.15) is 5.75 Å². The van der Waals surface area contributed by atoms with Gasteiger partial charge in [-0.15, -0.1) is 11.6 Å². The van der Waals surface area contributed by atoms with Crippen LogP contribution in [0.25, 0.3) is 0 Å². The second-order valence-corrected chi connectivity index (χ2v) is 4.77. The highest BCUT2D eigenvalue weighted by Gasteiger charge is 2.00. The van der Waals surface area contributed by atoms with Crippen molar-refractivity contribution in [2.24, 2.45) is 0 Å². The standard InChI is InChI=1S/C18H17ClO/c1-15-14-17(8-5-12-19)9-10-18(15)20-13-11-16-6-3-2-4-7-16/h2-4,6-7,9-10,14H,11-13H2,1H3. The van der Waals surface area contributed by atoms with Crippen molar-refractivity contribution in [3.05, 3.63) is 65.2 Å². The SMILES string of the molecule is Cc1cc(C#CCCl)ccc1OCCc1ccccc1. The predicted octanol–water partition coefficient (Wildman–Crippen LogP) is 4.21. The maximum Gasteiger partial charge on any atom is 0.122 e. The molecule has 20 heavy (non-hydrogen) atoms. The largest absolute Gasteiger partial charge is 0.493 e. The van der Waals surface area contributed by atoms with Crippen LogP contribution in [0.1, 0.15) is 16.7 Å². The fourth-order valence-electron chi connectivity index (χ4n) is 1.95. The summed E-state index contributed by atoms with van der Waals surface area (Å²) in [6.07, 6.45) is 0.911. The average molecular weight is 285 g/mol. The molecule has 0 bridgehead atoms. The lowest BCUT2D eigenvalue weighted by Gasteiger charge is -2.09. The molecule has 0 saturated heterocycles. The Morgan fingerprint density at radius 1 is 1.10 bits per heavy atom. The number of rotatable bonds is 4. The van der Waals surface area contributed by atoms with Gasteiger partial charge in [0.05, 0.1) is 12.5 Å². The molecule has 2 aromatic rings. The van der Waals surface area contributed by atoms with Crippen LogP contribution >= 0.6 is 11.6 Å². The second kappa shape index (κ2) is 7.62. The van der Waals surface area contributed by atoms with Gasteiger partial charge in [-0.25, -0.2) is 0 Å². The van der Waals surface area contributed by atoms with Crippen molar-refractivity contribution >= 4 is 11.6 Å². The van der Waals surface area contributed by atoms with E-state index in [0.29, 0.717) is 12.5 Å². The topological polar surface area (TPSA) is 9.23 Å². The van der Waals surface area contributed by atoms with Crippen LogP contribution in [0.3, 0.4) is 0 Å². The second-order valence-electron chi connectivity index (χ2n) is 4.50. The first kappa shape index (κ1) is 14.5. The molecule has 0 unspecified atom stereocenters. The summed E-state index contributed by atoms with van der Waals surface area (Å²) >= 11 is 5.55. The highest BCUT2D eigenvalue weighted by molar-refractivity contribution is 6.19. The van der Waals surface area contributed by atoms with Gasteiger partial charge in [-0.2, -0.15) is 0 Å². The Kier molecular flexibility index (Phi) is 5.53. The van der Waals surface area contributed by atoms with Gasteiger partial charge in [0.15, 0.2) is 0 Å². The first-order chi connectivity index (χ1) is 9.79. The zero-order chi connectivity index (χ0) is 14.2.